The molecule has 0 aliphatic carbocycles. The summed E-state index contributed by atoms with van der Waals surface area (Å²) in [5, 5.41) is 20.1. The van der Waals surface area contributed by atoms with Gasteiger partial charge in [0.25, 0.3) is 0 Å². The van der Waals surface area contributed by atoms with Crippen LogP contribution in [0, 0.1) is 0 Å². The molecule has 1 atom stereocenters. The quantitative estimate of drug-likeness (QED) is 0.538. The average molecular weight is 202 g/mol. The molecular weight excluding hydrogens is 182 g/mol. The van der Waals surface area contributed by atoms with Crippen molar-refractivity contribution in [3.8, 4) is 0 Å². The van der Waals surface area contributed by atoms with E-state index in [9.17, 15) is 5.11 Å². The highest BCUT2D eigenvalue weighted by Crippen LogP contribution is 2.07. The van der Waals surface area contributed by atoms with Crippen molar-refractivity contribution in [2.75, 3.05) is 6.61 Å². The van der Waals surface area contributed by atoms with Gasteiger partial charge >= 0.3 is 0 Å². The van der Waals surface area contributed by atoms with E-state index in [1.807, 2.05) is 6.92 Å². The average Bonchev–Trinajstić information content (AvgIpc) is 2.00. The SMILES string of the molecule is CCC[C@@H](CO)N=C([O-])OC(C)(C)C. The zero-order valence-corrected chi connectivity index (χ0v) is 9.41. The summed E-state index contributed by atoms with van der Waals surface area (Å²) in [6.07, 6.45) is 0.998. The largest absolute Gasteiger partial charge is 0.595 e. The Morgan fingerprint density at radius 3 is 2.43 bits per heavy atom. The summed E-state index contributed by atoms with van der Waals surface area (Å²) < 4.78 is 5.00. The Morgan fingerprint density at radius 2 is 2.07 bits per heavy atom. The zero-order chi connectivity index (χ0) is 11.2. The Kier molecular flexibility index (Phi) is 5.53. The predicted molar refractivity (Wildman–Crippen MR) is 54.1 cm³/mol. The summed E-state index contributed by atoms with van der Waals surface area (Å²) in [4.78, 5) is 3.76. The van der Waals surface area contributed by atoms with Gasteiger partial charge in [0.1, 0.15) is 6.08 Å². The molecule has 0 bridgehead atoms. The molecule has 0 fully saturated rings. The van der Waals surface area contributed by atoms with Crippen molar-refractivity contribution < 1.29 is 14.9 Å². The Hall–Kier alpha value is -0.770. The molecule has 1 N–H and O–H groups in total. The maximum Gasteiger partial charge on any atom is 0.146 e. The van der Waals surface area contributed by atoms with Crippen LogP contribution in [-0.2, 0) is 4.74 Å². The minimum Gasteiger partial charge on any atom is -0.595 e. The molecule has 0 unspecified atom stereocenters. The standard InChI is InChI=1S/C10H21NO3/c1-5-6-8(7-12)11-9(13)14-10(2,3)4/h8,12H,5-7H2,1-4H3,(H,11,13)/p-1/t8-/m0/s1. The summed E-state index contributed by atoms with van der Waals surface area (Å²) in [5.41, 5.74) is -0.521. The van der Waals surface area contributed by atoms with Crippen molar-refractivity contribution in [3.05, 3.63) is 0 Å². The van der Waals surface area contributed by atoms with Gasteiger partial charge in [0, 0.05) is 5.60 Å². The first-order chi connectivity index (χ1) is 6.39. The van der Waals surface area contributed by atoms with Crippen LogP contribution >= 0.6 is 0 Å². The van der Waals surface area contributed by atoms with E-state index in [4.69, 9.17) is 9.84 Å². The van der Waals surface area contributed by atoms with Gasteiger partial charge in [0.05, 0.1) is 12.6 Å². The summed E-state index contributed by atoms with van der Waals surface area (Å²) in [6, 6.07) is -0.324. The van der Waals surface area contributed by atoms with Crippen LogP contribution in [0.1, 0.15) is 40.5 Å². The van der Waals surface area contributed by atoms with Gasteiger partial charge in [-0.15, -0.1) is 0 Å². The molecule has 4 heteroatoms. The van der Waals surface area contributed by atoms with Crippen LogP contribution in [0.2, 0.25) is 0 Å². The van der Waals surface area contributed by atoms with Crippen LogP contribution in [0.25, 0.3) is 0 Å². The lowest BCUT2D eigenvalue weighted by molar-refractivity contribution is -0.261. The fourth-order valence-corrected chi connectivity index (χ4v) is 0.967. The van der Waals surface area contributed by atoms with Crippen LogP contribution < -0.4 is 5.11 Å². The minimum atomic E-state index is -0.593. The topological polar surface area (TPSA) is 64.9 Å². The number of rotatable bonds is 4. The number of ether oxygens (including phenoxy) is 1. The molecule has 0 saturated heterocycles. The van der Waals surface area contributed by atoms with Crippen molar-refractivity contribution in [2.24, 2.45) is 4.99 Å². The van der Waals surface area contributed by atoms with Gasteiger partial charge in [-0.1, -0.05) is 34.1 Å². The van der Waals surface area contributed by atoms with E-state index in [0.717, 1.165) is 6.42 Å². The molecule has 0 amide bonds. The number of aliphatic imine (C=N–C) groups is 1. The first-order valence-electron chi connectivity index (χ1n) is 4.93. The first kappa shape index (κ1) is 13.2. The third kappa shape index (κ3) is 6.71. The minimum absolute atomic E-state index is 0.104. The molecular formula is C10H20NO3-. The number of hydrogen-bond donors (Lipinski definition) is 1. The maximum atomic E-state index is 11.2. The molecule has 0 heterocycles. The highest BCUT2D eigenvalue weighted by atomic mass is 16.6. The van der Waals surface area contributed by atoms with Crippen molar-refractivity contribution in [2.45, 2.75) is 52.2 Å². The molecule has 0 aliphatic rings. The van der Waals surface area contributed by atoms with E-state index >= 15 is 0 Å². The number of hydrogen-bond acceptors (Lipinski definition) is 4. The van der Waals surface area contributed by atoms with Crippen molar-refractivity contribution in [3.63, 3.8) is 0 Å². The van der Waals surface area contributed by atoms with Crippen molar-refractivity contribution >= 4 is 6.08 Å². The van der Waals surface area contributed by atoms with Gasteiger partial charge in [0.2, 0.25) is 0 Å². The molecule has 84 valence electrons. The summed E-state index contributed by atoms with van der Waals surface area (Å²) in [7, 11) is 0. The second-order valence-electron chi connectivity index (χ2n) is 4.23. The lowest BCUT2D eigenvalue weighted by Gasteiger charge is -2.30. The van der Waals surface area contributed by atoms with E-state index < -0.39 is 11.7 Å². The molecule has 14 heavy (non-hydrogen) atoms. The zero-order valence-electron chi connectivity index (χ0n) is 9.41. The van der Waals surface area contributed by atoms with Crippen molar-refractivity contribution in [1.29, 1.82) is 0 Å². The van der Waals surface area contributed by atoms with Crippen LogP contribution in [-0.4, -0.2) is 29.4 Å². The first-order valence-corrected chi connectivity index (χ1v) is 4.93. The highest BCUT2D eigenvalue weighted by Gasteiger charge is 2.07. The van der Waals surface area contributed by atoms with E-state index in [0.29, 0.717) is 6.42 Å². The van der Waals surface area contributed by atoms with Crippen LogP contribution in [0.4, 0.5) is 0 Å². The Balaban J connectivity index is 4.18. The molecule has 0 rings (SSSR count). The molecule has 0 aliphatic heterocycles. The number of nitrogens with zero attached hydrogens (tertiary/aromatic N) is 1. The van der Waals surface area contributed by atoms with Crippen LogP contribution in [0.3, 0.4) is 0 Å². The lowest BCUT2D eigenvalue weighted by Crippen LogP contribution is -2.33. The molecule has 0 saturated carbocycles. The van der Waals surface area contributed by atoms with Gasteiger partial charge < -0.3 is 14.9 Å². The highest BCUT2D eigenvalue weighted by molar-refractivity contribution is 5.62. The van der Waals surface area contributed by atoms with E-state index in [2.05, 4.69) is 4.99 Å². The van der Waals surface area contributed by atoms with Gasteiger partial charge in [-0.3, -0.25) is 4.99 Å². The van der Waals surface area contributed by atoms with Gasteiger partial charge in [-0.25, -0.2) is 0 Å². The molecule has 0 radical (unpaired) electrons. The monoisotopic (exact) mass is 202 g/mol. The molecule has 0 aromatic rings. The normalized spacial score (nSPS) is 15.4. The van der Waals surface area contributed by atoms with Gasteiger partial charge in [-0.05, 0) is 6.42 Å². The Morgan fingerprint density at radius 1 is 1.50 bits per heavy atom. The van der Waals surface area contributed by atoms with Gasteiger partial charge in [0.15, 0.2) is 0 Å². The van der Waals surface area contributed by atoms with E-state index in [1.165, 1.54) is 0 Å². The summed E-state index contributed by atoms with van der Waals surface area (Å²) >= 11 is 0. The third-order valence-electron chi connectivity index (χ3n) is 1.51. The molecule has 0 spiro atoms. The summed E-state index contributed by atoms with van der Waals surface area (Å²) in [5.74, 6) is 0. The molecule has 0 aromatic carbocycles. The third-order valence-corrected chi connectivity index (χ3v) is 1.51. The number of aliphatic hydroxyl groups excluding tert-OH is 1. The summed E-state index contributed by atoms with van der Waals surface area (Å²) in [6.45, 7) is 7.23. The predicted octanol–water partition coefficient (Wildman–Crippen LogP) is 0.679. The molecule has 0 aromatic heterocycles. The van der Waals surface area contributed by atoms with Gasteiger partial charge in [-0.2, -0.15) is 0 Å². The second kappa shape index (κ2) is 5.86. The van der Waals surface area contributed by atoms with Crippen LogP contribution in [0.5, 0.6) is 0 Å². The Bertz CT molecular complexity index is 184. The second-order valence-corrected chi connectivity index (χ2v) is 4.23. The fourth-order valence-electron chi connectivity index (χ4n) is 0.967. The fraction of sp³-hybridized carbons (Fsp3) is 0.900. The smallest absolute Gasteiger partial charge is 0.146 e. The van der Waals surface area contributed by atoms with Crippen molar-refractivity contribution in [1.82, 2.24) is 0 Å². The van der Waals surface area contributed by atoms with Crippen LogP contribution in [0.15, 0.2) is 4.99 Å². The van der Waals surface area contributed by atoms with E-state index in [-0.39, 0.29) is 12.6 Å². The Labute approximate surface area is 85.6 Å². The van der Waals surface area contributed by atoms with E-state index in [1.54, 1.807) is 20.8 Å². The number of aliphatic hydroxyl groups is 1. The molecule has 4 nitrogen and oxygen atoms in total. The lowest BCUT2D eigenvalue weighted by atomic mass is 10.2. The maximum absolute atomic E-state index is 11.2.